The molecule has 8 nitrogen and oxygen atoms in total. The van der Waals surface area contributed by atoms with Gasteiger partial charge in [0.25, 0.3) is 5.91 Å². The lowest BCUT2D eigenvalue weighted by Gasteiger charge is -2.14. The highest BCUT2D eigenvalue weighted by Crippen LogP contribution is 2.40. The molecule has 8 heteroatoms. The predicted molar refractivity (Wildman–Crippen MR) is 106 cm³/mol. The summed E-state index contributed by atoms with van der Waals surface area (Å²) in [5, 5.41) is 5.83. The number of hydrogen-bond acceptors (Lipinski definition) is 7. The molecule has 0 aliphatic carbocycles. The molecule has 0 saturated heterocycles. The number of amides is 1. The van der Waals surface area contributed by atoms with E-state index in [-0.39, 0.29) is 5.91 Å². The Kier molecular flexibility index (Phi) is 5.91. The lowest BCUT2D eigenvalue weighted by Crippen LogP contribution is -2.13. The van der Waals surface area contributed by atoms with E-state index in [1.54, 1.807) is 12.1 Å². The van der Waals surface area contributed by atoms with E-state index in [2.05, 4.69) is 20.6 Å². The van der Waals surface area contributed by atoms with Gasteiger partial charge in [0.2, 0.25) is 11.7 Å². The molecule has 0 aliphatic rings. The van der Waals surface area contributed by atoms with Gasteiger partial charge in [-0.25, -0.2) is 9.97 Å². The number of para-hydroxylation sites is 1. The average molecular weight is 380 g/mol. The number of ether oxygens (including phenoxy) is 3. The number of nitrogens with zero attached hydrogens (tertiary/aromatic N) is 2. The Morgan fingerprint density at radius 2 is 1.46 bits per heavy atom. The van der Waals surface area contributed by atoms with Crippen molar-refractivity contribution < 1.29 is 19.0 Å². The van der Waals surface area contributed by atoms with Crippen LogP contribution in [0.1, 0.15) is 10.4 Å². The standard InChI is InChI=1S/C20H20N4O4/c1-26-16-9-15(10-17(27-2)18(16)28-3)23-19(25)13-11-21-20(22-12-13)24-14-7-5-4-6-8-14/h4-12H,1-3H3,(H,23,25)(H,21,22,24). The molecule has 0 aliphatic heterocycles. The third-order valence-electron chi connectivity index (χ3n) is 3.87. The first kappa shape index (κ1) is 19.0. The first-order valence-electron chi connectivity index (χ1n) is 8.40. The van der Waals surface area contributed by atoms with Gasteiger partial charge in [0.05, 0.1) is 26.9 Å². The van der Waals surface area contributed by atoms with Crippen LogP contribution in [0.25, 0.3) is 0 Å². The summed E-state index contributed by atoms with van der Waals surface area (Å²) >= 11 is 0. The molecule has 144 valence electrons. The summed E-state index contributed by atoms with van der Waals surface area (Å²) in [6.45, 7) is 0. The monoisotopic (exact) mass is 380 g/mol. The van der Waals surface area contributed by atoms with E-state index in [1.165, 1.54) is 33.7 Å². The van der Waals surface area contributed by atoms with E-state index in [0.717, 1.165) is 5.69 Å². The highest BCUT2D eigenvalue weighted by molar-refractivity contribution is 6.04. The Morgan fingerprint density at radius 3 is 2.00 bits per heavy atom. The Bertz CT molecular complexity index is 921. The molecular weight excluding hydrogens is 360 g/mol. The van der Waals surface area contributed by atoms with E-state index in [1.807, 2.05) is 30.3 Å². The molecule has 1 heterocycles. The first-order valence-corrected chi connectivity index (χ1v) is 8.40. The number of carbonyl (C=O) groups is 1. The molecule has 2 aromatic carbocycles. The summed E-state index contributed by atoms with van der Waals surface area (Å²) in [6.07, 6.45) is 2.90. The van der Waals surface area contributed by atoms with Gasteiger partial charge in [-0.15, -0.1) is 0 Å². The number of methoxy groups -OCH3 is 3. The fourth-order valence-electron chi connectivity index (χ4n) is 2.52. The normalized spacial score (nSPS) is 10.1. The van der Waals surface area contributed by atoms with Crippen LogP contribution in [0.5, 0.6) is 17.2 Å². The predicted octanol–water partition coefficient (Wildman–Crippen LogP) is 3.50. The van der Waals surface area contributed by atoms with Crippen molar-refractivity contribution in [3.8, 4) is 17.2 Å². The molecule has 0 atom stereocenters. The number of carbonyl (C=O) groups excluding carboxylic acids is 1. The zero-order valence-corrected chi connectivity index (χ0v) is 15.7. The van der Waals surface area contributed by atoms with Crippen LogP contribution < -0.4 is 24.8 Å². The molecule has 0 radical (unpaired) electrons. The van der Waals surface area contributed by atoms with Gasteiger partial charge in [0.1, 0.15) is 0 Å². The van der Waals surface area contributed by atoms with E-state index in [9.17, 15) is 4.79 Å². The van der Waals surface area contributed by atoms with Gasteiger partial charge in [-0.2, -0.15) is 0 Å². The largest absolute Gasteiger partial charge is 0.493 e. The molecule has 0 spiro atoms. The quantitative estimate of drug-likeness (QED) is 0.648. The Labute approximate surface area is 162 Å². The van der Waals surface area contributed by atoms with Gasteiger partial charge < -0.3 is 24.8 Å². The van der Waals surface area contributed by atoms with Crippen molar-refractivity contribution >= 4 is 23.2 Å². The van der Waals surface area contributed by atoms with E-state index in [0.29, 0.717) is 34.4 Å². The number of benzene rings is 2. The molecule has 0 saturated carbocycles. The SMILES string of the molecule is COc1cc(NC(=O)c2cnc(Nc3ccccc3)nc2)cc(OC)c1OC. The number of rotatable bonds is 7. The van der Waals surface area contributed by atoms with Crippen LogP contribution in [0, 0.1) is 0 Å². The van der Waals surface area contributed by atoms with Crippen LogP contribution in [-0.4, -0.2) is 37.2 Å². The second kappa shape index (κ2) is 8.72. The number of nitrogens with one attached hydrogen (secondary N) is 2. The summed E-state index contributed by atoms with van der Waals surface area (Å²) in [6, 6.07) is 12.8. The fourth-order valence-corrected chi connectivity index (χ4v) is 2.52. The van der Waals surface area contributed by atoms with Crippen LogP contribution in [0.2, 0.25) is 0 Å². The topological polar surface area (TPSA) is 94.6 Å². The van der Waals surface area contributed by atoms with Gasteiger partial charge in [0.15, 0.2) is 11.5 Å². The molecule has 2 N–H and O–H groups in total. The maximum absolute atomic E-state index is 12.5. The summed E-state index contributed by atoms with van der Waals surface area (Å²) in [7, 11) is 4.53. The third-order valence-corrected chi connectivity index (χ3v) is 3.87. The van der Waals surface area contributed by atoms with Gasteiger partial charge in [0, 0.05) is 35.9 Å². The molecule has 3 rings (SSSR count). The lowest BCUT2D eigenvalue weighted by molar-refractivity contribution is 0.102. The second-order valence-electron chi connectivity index (χ2n) is 5.65. The average Bonchev–Trinajstić information content (AvgIpc) is 2.74. The Balaban J connectivity index is 1.74. The highest BCUT2D eigenvalue weighted by atomic mass is 16.5. The molecule has 3 aromatic rings. The molecule has 0 bridgehead atoms. The van der Waals surface area contributed by atoms with E-state index >= 15 is 0 Å². The molecule has 0 unspecified atom stereocenters. The minimum atomic E-state index is -0.361. The van der Waals surface area contributed by atoms with Crippen molar-refractivity contribution in [1.82, 2.24) is 9.97 Å². The van der Waals surface area contributed by atoms with Crippen molar-refractivity contribution in [3.63, 3.8) is 0 Å². The maximum Gasteiger partial charge on any atom is 0.258 e. The first-order chi connectivity index (χ1) is 13.6. The van der Waals surface area contributed by atoms with Crippen LogP contribution in [0.3, 0.4) is 0 Å². The number of anilines is 3. The maximum atomic E-state index is 12.5. The zero-order chi connectivity index (χ0) is 19.9. The smallest absolute Gasteiger partial charge is 0.258 e. The summed E-state index contributed by atoms with van der Waals surface area (Å²) in [5.74, 6) is 1.37. The molecular formula is C20H20N4O4. The van der Waals surface area contributed by atoms with Crippen molar-refractivity contribution in [1.29, 1.82) is 0 Å². The van der Waals surface area contributed by atoms with Crippen molar-refractivity contribution in [2.75, 3.05) is 32.0 Å². The molecule has 0 fully saturated rings. The Morgan fingerprint density at radius 1 is 0.857 bits per heavy atom. The third kappa shape index (κ3) is 4.29. The van der Waals surface area contributed by atoms with Crippen LogP contribution in [-0.2, 0) is 0 Å². The molecule has 1 amide bonds. The second-order valence-corrected chi connectivity index (χ2v) is 5.65. The van der Waals surface area contributed by atoms with E-state index in [4.69, 9.17) is 14.2 Å². The molecule has 1 aromatic heterocycles. The zero-order valence-electron chi connectivity index (χ0n) is 15.7. The fraction of sp³-hybridized carbons (Fsp3) is 0.150. The van der Waals surface area contributed by atoms with Crippen LogP contribution >= 0.6 is 0 Å². The highest BCUT2D eigenvalue weighted by Gasteiger charge is 2.15. The van der Waals surface area contributed by atoms with Crippen molar-refractivity contribution in [2.45, 2.75) is 0 Å². The lowest BCUT2D eigenvalue weighted by atomic mass is 10.2. The summed E-state index contributed by atoms with van der Waals surface area (Å²) in [5.41, 5.74) is 1.66. The van der Waals surface area contributed by atoms with Gasteiger partial charge in [-0.05, 0) is 12.1 Å². The minimum absolute atomic E-state index is 0.312. The number of aromatic nitrogens is 2. The Hall–Kier alpha value is -3.81. The summed E-state index contributed by atoms with van der Waals surface area (Å²) in [4.78, 5) is 20.9. The van der Waals surface area contributed by atoms with E-state index < -0.39 is 0 Å². The minimum Gasteiger partial charge on any atom is -0.493 e. The number of hydrogen-bond donors (Lipinski definition) is 2. The van der Waals surface area contributed by atoms with Crippen LogP contribution in [0.15, 0.2) is 54.9 Å². The van der Waals surface area contributed by atoms with Gasteiger partial charge in [-0.1, -0.05) is 18.2 Å². The summed E-state index contributed by atoms with van der Waals surface area (Å²) < 4.78 is 15.9. The van der Waals surface area contributed by atoms with Gasteiger partial charge in [-0.3, -0.25) is 4.79 Å². The molecule has 28 heavy (non-hydrogen) atoms. The van der Waals surface area contributed by atoms with Crippen LogP contribution in [0.4, 0.5) is 17.3 Å². The van der Waals surface area contributed by atoms with Crippen molar-refractivity contribution in [3.05, 3.63) is 60.4 Å². The van der Waals surface area contributed by atoms with Gasteiger partial charge >= 0.3 is 0 Å². The van der Waals surface area contributed by atoms with Crippen molar-refractivity contribution in [2.24, 2.45) is 0 Å².